The molecule has 0 fully saturated rings. The van der Waals surface area contributed by atoms with Crippen LogP contribution in [0.1, 0.15) is 102 Å². The van der Waals surface area contributed by atoms with Crippen molar-refractivity contribution in [2.45, 2.75) is 109 Å². The standard InChI is InChI=1S/C27H45ClNO5P/c1-2-3-4-5-6-7-8-9-10-11-12-13-14-15-16-17-27(30)29-26(23-34-35(31,32)33)22-24-18-20-25(28)21-19-24/h9-10,18-21,26H,2-8,11-17,22-23H2,1H3,(H,29,30)(H2,31,32,33)/p-2/b10-9-/t26-/m0/s1. The van der Waals surface area contributed by atoms with Gasteiger partial charge in [0.05, 0.1) is 20.5 Å². The molecule has 1 rings (SSSR count). The quantitative estimate of drug-likeness (QED) is 0.116. The van der Waals surface area contributed by atoms with E-state index >= 15 is 0 Å². The van der Waals surface area contributed by atoms with Crippen LogP contribution in [0.2, 0.25) is 5.02 Å². The van der Waals surface area contributed by atoms with Gasteiger partial charge < -0.3 is 24.2 Å². The Hall–Kier alpha value is -1.17. The van der Waals surface area contributed by atoms with Crippen molar-refractivity contribution in [3.8, 4) is 0 Å². The zero-order valence-corrected chi connectivity index (χ0v) is 22.9. The van der Waals surface area contributed by atoms with E-state index in [-0.39, 0.29) is 12.5 Å². The summed E-state index contributed by atoms with van der Waals surface area (Å²) >= 11 is 5.89. The molecule has 0 spiro atoms. The molecule has 1 atom stereocenters. The third-order valence-electron chi connectivity index (χ3n) is 5.86. The first-order valence-corrected chi connectivity index (χ1v) is 15.0. The van der Waals surface area contributed by atoms with Crippen LogP contribution in [0.3, 0.4) is 0 Å². The smallest absolute Gasteiger partial charge is 0.220 e. The molecular weight excluding hydrogens is 485 g/mol. The monoisotopic (exact) mass is 527 g/mol. The second-order valence-electron chi connectivity index (χ2n) is 9.17. The number of halogens is 1. The van der Waals surface area contributed by atoms with Crippen molar-refractivity contribution in [1.29, 1.82) is 0 Å². The van der Waals surface area contributed by atoms with Crippen LogP contribution in [0.5, 0.6) is 0 Å². The summed E-state index contributed by atoms with van der Waals surface area (Å²) in [5, 5.41) is 3.38. The van der Waals surface area contributed by atoms with Gasteiger partial charge >= 0.3 is 0 Å². The molecule has 0 aliphatic rings. The van der Waals surface area contributed by atoms with E-state index in [1.807, 2.05) is 0 Å². The summed E-state index contributed by atoms with van der Waals surface area (Å²) in [7, 11) is -5.11. The number of allylic oxidation sites excluding steroid dienone is 2. The lowest BCUT2D eigenvalue weighted by Gasteiger charge is -2.31. The molecule has 0 radical (unpaired) electrons. The predicted molar refractivity (Wildman–Crippen MR) is 140 cm³/mol. The van der Waals surface area contributed by atoms with Crippen molar-refractivity contribution in [3.63, 3.8) is 0 Å². The van der Waals surface area contributed by atoms with E-state index in [1.54, 1.807) is 24.3 Å². The van der Waals surface area contributed by atoms with Gasteiger partial charge in [0.25, 0.3) is 0 Å². The van der Waals surface area contributed by atoms with Gasteiger partial charge in [-0.15, -0.1) is 0 Å². The molecule has 1 aromatic carbocycles. The number of hydrogen-bond acceptors (Lipinski definition) is 5. The van der Waals surface area contributed by atoms with Gasteiger partial charge in [0.1, 0.15) is 0 Å². The Balaban J connectivity index is 2.15. The van der Waals surface area contributed by atoms with Crippen LogP contribution in [0.15, 0.2) is 36.4 Å². The van der Waals surface area contributed by atoms with Crippen molar-refractivity contribution < 1.29 is 23.7 Å². The van der Waals surface area contributed by atoms with E-state index in [4.69, 9.17) is 11.6 Å². The highest BCUT2D eigenvalue weighted by atomic mass is 35.5. The van der Waals surface area contributed by atoms with Gasteiger partial charge in [-0.2, -0.15) is 0 Å². The molecule has 8 heteroatoms. The fourth-order valence-corrected chi connectivity index (χ4v) is 4.38. The highest BCUT2D eigenvalue weighted by Crippen LogP contribution is 2.25. The zero-order chi connectivity index (χ0) is 25.8. The van der Waals surface area contributed by atoms with Crippen molar-refractivity contribution in [3.05, 3.63) is 47.0 Å². The predicted octanol–water partition coefficient (Wildman–Crippen LogP) is 6.25. The molecule has 1 aromatic rings. The molecule has 0 saturated carbocycles. The fourth-order valence-electron chi connectivity index (χ4n) is 3.89. The number of unbranched alkanes of at least 4 members (excludes halogenated alkanes) is 11. The van der Waals surface area contributed by atoms with Gasteiger partial charge in [-0.05, 0) is 56.2 Å². The minimum Gasteiger partial charge on any atom is -0.790 e. The van der Waals surface area contributed by atoms with Crippen LogP contribution in [0.25, 0.3) is 0 Å². The third-order valence-corrected chi connectivity index (χ3v) is 6.58. The Labute approximate surface area is 217 Å². The Morgan fingerprint density at radius 2 is 1.49 bits per heavy atom. The fraction of sp³-hybridized carbons (Fsp3) is 0.667. The lowest BCUT2D eigenvalue weighted by molar-refractivity contribution is -0.342. The number of phosphoric ester groups is 1. The number of nitrogens with one attached hydrogen (secondary N) is 1. The summed E-state index contributed by atoms with van der Waals surface area (Å²) in [4.78, 5) is 34.1. The van der Waals surface area contributed by atoms with E-state index < -0.39 is 13.9 Å². The number of amides is 1. The molecule has 6 nitrogen and oxygen atoms in total. The average molecular weight is 528 g/mol. The minimum absolute atomic E-state index is 0.170. The van der Waals surface area contributed by atoms with Gasteiger partial charge in [-0.3, -0.25) is 4.79 Å². The van der Waals surface area contributed by atoms with E-state index in [2.05, 4.69) is 28.9 Å². The summed E-state index contributed by atoms with van der Waals surface area (Å²) in [6.45, 7) is 1.86. The number of carbonyl (C=O) groups excluding carboxylic acids is 1. The molecular formula is C27H43ClNO5P-2. The molecule has 0 aliphatic heterocycles. The molecule has 1 amide bonds. The maximum atomic E-state index is 12.3. The number of phosphoric acid groups is 1. The topological polar surface area (TPSA) is 102 Å². The first-order chi connectivity index (χ1) is 16.8. The number of carbonyl (C=O) groups is 1. The number of rotatable bonds is 21. The van der Waals surface area contributed by atoms with Crippen LogP contribution in [-0.4, -0.2) is 18.6 Å². The SMILES string of the molecule is CCCCCCCC/C=C\CCCCCCCC(=O)N[C@H](COP(=O)([O-])[O-])Cc1ccc(Cl)cc1. The van der Waals surface area contributed by atoms with E-state index in [1.165, 1.54) is 51.4 Å². The lowest BCUT2D eigenvalue weighted by atomic mass is 10.1. The normalized spacial score (nSPS) is 12.8. The van der Waals surface area contributed by atoms with Crippen molar-refractivity contribution in [2.75, 3.05) is 6.61 Å². The highest BCUT2D eigenvalue weighted by Gasteiger charge is 2.14. The maximum absolute atomic E-state index is 12.3. The van der Waals surface area contributed by atoms with Gasteiger partial charge in [0.2, 0.25) is 5.91 Å². The van der Waals surface area contributed by atoms with E-state index in [0.29, 0.717) is 17.9 Å². The average Bonchev–Trinajstić information content (AvgIpc) is 2.81. The number of hydrogen-bond donors (Lipinski definition) is 1. The molecule has 0 bridgehead atoms. The van der Waals surface area contributed by atoms with Crippen molar-refractivity contribution >= 4 is 25.3 Å². The largest absolute Gasteiger partial charge is 0.790 e. The highest BCUT2D eigenvalue weighted by molar-refractivity contribution is 7.43. The molecule has 0 aliphatic carbocycles. The van der Waals surface area contributed by atoms with Crippen LogP contribution in [0.4, 0.5) is 0 Å². The second kappa shape index (κ2) is 20.0. The first kappa shape index (κ1) is 31.9. The minimum atomic E-state index is -5.11. The van der Waals surface area contributed by atoms with Gasteiger partial charge in [0.15, 0.2) is 0 Å². The maximum Gasteiger partial charge on any atom is 0.220 e. The summed E-state index contributed by atoms with van der Waals surface area (Å²) in [6, 6.07) is 6.41. The summed E-state index contributed by atoms with van der Waals surface area (Å²) in [6.07, 6.45) is 20.8. The Morgan fingerprint density at radius 3 is 2.06 bits per heavy atom. The van der Waals surface area contributed by atoms with E-state index in [0.717, 1.165) is 37.7 Å². The molecule has 0 aromatic heterocycles. The molecule has 35 heavy (non-hydrogen) atoms. The Bertz CT molecular complexity index is 750. The van der Waals surface area contributed by atoms with Crippen LogP contribution >= 0.6 is 19.4 Å². The van der Waals surface area contributed by atoms with Crippen molar-refractivity contribution in [1.82, 2.24) is 5.32 Å². The molecule has 0 saturated heterocycles. The van der Waals surface area contributed by atoms with Crippen LogP contribution < -0.4 is 15.1 Å². The van der Waals surface area contributed by atoms with E-state index in [9.17, 15) is 19.1 Å². The molecule has 200 valence electrons. The summed E-state index contributed by atoms with van der Waals surface area (Å²) in [5.74, 6) is -0.170. The van der Waals surface area contributed by atoms with Gasteiger partial charge in [-0.1, -0.05) is 94.2 Å². The first-order valence-electron chi connectivity index (χ1n) is 13.2. The second-order valence-corrected chi connectivity index (χ2v) is 10.8. The summed E-state index contributed by atoms with van der Waals surface area (Å²) < 4.78 is 15.3. The Kier molecular flexibility index (Phi) is 18.2. The molecule has 0 heterocycles. The van der Waals surface area contributed by atoms with Crippen LogP contribution in [0, 0.1) is 0 Å². The third kappa shape index (κ3) is 19.7. The van der Waals surface area contributed by atoms with Crippen LogP contribution in [-0.2, 0) is 20.3 Å². The lowest BCUT2D eigenvalue weighted by Crippen LogP contribution is -2.40. The van der Waals surface area contributed by atoms with Gasteiger partial charge in [0, 0.05) is 11.4 Å². The molecule has 0 unspecified atom stereocenters. The summed E-state index contributed by atoms with van der Waals surface area (Å²) in [5.41, 5.74) is 0.857. The molecule has 1 N–H and O–H groups in total. The van der Waals surface area contributed by atoms with Crippen molar-refractivity contribution in [2.24, 2.45) is 0 Å². The number of benzene rings is 1. The van der Waals surface area contributed by atoms with Gasteiger partial charge in [-0.25, -0.2) is 0 Å². The zero-order valence-electron chi connectivity index (χ0n) is 21.2. The Morgan fingerprint density at radius 1 is 0.943 bits per heavy atom.